The molecule has 1 amide bonds. The summed E-state index contributed by atoms with van der Waals surface area (Å²) >= 11 is 0. The molecule has 0 aliphatic carbocycles. The molecule has 90 valence electrons. The summed E-state index contributed by atoms with van der Waals surface area (Å²) in [7, 11) is 3.39. The van der Waals surface area contributed by atoms with Gasteiger partial charge in [0, 0.05) is 26.2 Å². The maximum absolute atomic E-state index is 11.6. The lowest BCUT2D eigenvalue weighted by Crippen LogP contribution is -2.43. The Morgan fingerprint density at radius 2 is 2.20 bits per heavy atom. The fraction of sp³-hybridized carbons (Fsp3) is 0.900. The second-order valence-corrected chi connectivity index (χ2v) is 3.63. The number of nitrogens with one attached hydrogen (secondary N) is 2. The molecule has 0 aromatic heterocycles. The molecule has 0 spiro atoms. The molecular weight excluding hydrogens is 196 g/mol. The van der Waals surface area contributed by atoms with E-state index in [0.717, 1.165) is 0 Å². The van der Waals surface area contributed by atoms with E-state index < -0.39 is 0 Å². The molecule has 5 heteroatoms. The van der Waals surface area contributed by atoms with Crippen molar-refractivity contribution >= 4 is 5.91 Å². The number of hydrogen-bond donors (Lipinski definition) is 3. The lowest BCUT2D eigenvalue weighted by molar-refractivity contribution is -0.125. The monoisotopic (exact) mass is 218 g/mol. The summed E-state index contributed by atoms with van der Waals surface area (Å²) < 4.78 is 4.96. The van der Waals surface area contributed by atoms with Gasteiger partial charge in [0.05, 0.1) is 12.6 Å². The normalized spacial score (nSPS) is 14.7. The predicted octanol–water partition coefficient (Wildman–Crippen LogP) is -0.644. The van der Waals surface area contributed by atoms with Crippen LogP contribution in [0.1, 0.15) is 13.3 Å². The smallest absolute Gasteiger partial charge is 0.224 e. The van der Waals surface area contributed by atoms with Gasteiger partial charge in [-0.15, -0.1) is 0 Å². The standard InChI is InChI=1S/C10H22N2O3/c1-8(6-11-2)10(14)12-9(4-5-13)7-15-3/h8-9,11,13H,4-7H2,1-3H3,(H,12,14). The van der Waals surface area contributed by atoms with Crippen LogP contribution in [0.3, 0.4) is 0 Å². The molecule has 2 atom stereocenters. The summed E-state index contributed by atoms with van der Waals surface area (Å²) in [5.74, 6) is -0.0899. The molecule has 5 nitrogen and oxygen atoms in total. The Bertz CT molecular complexity index is 170. The van der Waals surface area contributed by atoms with Crippen molar-refractivity contribution in [3.8, 4) is 0 Å². The summed E-state index contributed by atoms with van der Waals surface area (Å²) in [6.45, 7) is 2.98. The Balaban J connectivity index is 3.97. The van der Waals surface area contributed by atoms with Gasteiger partial charge >= 0.3 is 0 Å². The van der Waals surface area contributed by atoms with Gasteiger partial charge in [0.25, 0.3) is 0 Å². The van der Waals surface area contributed by atoms with Crippen molar-refractivity contribution in [3.63, 3.8) is 0 Å². The number of carbonyl (C=O) groups is 1. The first-order valence-electron chi connectivity index (χ1n) is 5.20. The molecule has 0 aromatic rings. The second kappa shape index (κ2) is 8.64. The van der Waals surface area contributed by atoms with Crippen LogP contribution in [0.5, 0.6) is 0 Å². The van der Waals surface area contributed by atoms with Crippen LogP contribution in [-0.4, -0.2) is 51.0 Å². The van der Waals surface area contributed by atoms with Crippen LogP contribution in [-0.2, 0) is 9.53 Å². The Morgan fingerprint density at radius 1 is 1.53 bits per heavy atom. The van der Waals surface area contributed by atoms with Crippen molar-refractivity contribution in [2.45, 2.75) is 19.4 Å². The van der Waals surface area contributed by atoms with Gasteiger partial charge in [0.15, 0.2) is 0 Å². The third kappa shape index (κ3) is 6.43. The molecule has 0 fully saturated rings. The minimum Gasteiger partial charge on any atom is -0.396 e. The molecule has 0 saturated carbocycles. The number of aliphatic hydroxyl groups excluding tert-OH is 1. The maximum atomic E-state index is 11.6. The zero-order valence-electron chi connectivity index (χ0n) is 9.75. The lowest BCUT2D eigenvalue weighted by atomic mass is 10.1. The first kappa shape index (κ1) is 14.3. The Morgan fingerprint density at radius 3 is 2.67 bits per heavy atom. The molecule has 0 rings (SSSR count). The van der Waals surface area contributed by atoms with Gasteiger partial charge in [-0.2, -0.15) is 0 Å². The zero-order chi connectivity index (χ0) is 11.7. The molecule has 0 aliphatic rings. The summed E-state index contributed by atoms with van der Waals surface area (Å²) in [6.07, 6.45) is 0.520. The molecule has 3 N–H and O–H groups in total. The fourth-order valence-corrected chi connectivity index (χ4v) is 1.30. The van der Waals surface area contributed by atoms with Crippen LogP contribution in [0.15, 0.2) is 0 Å². The highest BCUT2D eigenvalue weighted by atomic mass is 16.5. The SMILES string of the molecule is CNCC(C)C(=O)NC(CCO)COC. The van der Waals surface area contributed by atoms with Crippen molar-refractivity contribution in [3.05, 3.63) is 0 Å². The summed E-state index contributed by atoms with van der Waals surface area (Å²) in [5, 5.41) is 14.6. The van der Waals surface area contributed by atoms with E-state index in [1.807, 2.05) is 14.0 Å². The van der Waals surface area contributed by atoms with E-state index in [1.54, 1.807) is 7.11 Å². The van der Waals surface area contributed by atoms with E-state index in [4.69, 9.17) is 9.84 Å². The summed E-state index contributed by atoms with van der Waals surface area (Å²) in [6, 6.07) is -0.105. The largest absolute Gasteiger partial charge is 0.396 e. The van der Waals surface area contributed by atoms with E-state index in [0.29, 0.717) is 19.6 Å². The quantitative estimate of drug-likeness (QED) is 0.506. The highest BCUT2D eigenvalue weighted by Crippen LogP contribution is 1.97. The molecule has 15 heavy (non-hydrogen) atoms. The van der Waals surface area contributed by atoms with Gasteiger partial charge in [-0.3, -0.25) is 4.79 Å². The van der Waals surface area contributed by atoms with Crippen LogP contribution < -0.4 is 10.6 Å². The van der Waals surface area contributed by atoms with E-state index >= 15 is 0 Å². The summed E-state index contributed by atoms with van der Waals surface area (Å²) in [5.41, 5.74) is 0. The van der Waals surface area contributed by atoms with Crippen LogP contribution in [0.4, 0.5) is 0 Å². The number of rotatable bonds is 8. The van der Waals surface area contributed by atoms with E-state index in [9.17, 15) is 4.79 Å². The third-order valence-corrected chi connectivity index (χ3v) is 2.15. The molecular formula is C10H22N2O3. The lowest BCUT2D eigenvalue weighted by Gasteiger charge is -2.19. The number of hydrogen-bond acceptors (Lipinski definition) is 4. The minimum absolute atomic E-state index is 0.0140. The molecule has 0 aromatic carbocycles. The highest BCUT2D eigenvalue weighted by Gasteiger charge is 2.16. The van der Waals surface area contributed by atoms with E-state index in [2.05, 4.69) is 10.6 Å². The summed E-state index contributed by atoms with van der Waals surface area (Å²) in [4.78, 5) is 11.6. The number of methoxy groups -OCH3 is 1. The Kier molecular flexibility index (Phi) is 8.27. The number of carbonyl (C=O) groups excluding carboxylic acids is 1. The topological polar surface area (TPSA) is 70.6 Å². The van der Waals surface area contributed by atoms with Crippen LogP contribution in [0.25, 0.3) is 0 Å². The zero-order valence-corrected chi connectivity index (χ0v) is 9.75. The third-order valence-electron chi connectivity index (χ3n) is 2.15. The van der Waals surface area contributed by atoms with Gasteiger partial charge in [0.1, 0.15) is 0 Å². The molecule has 0 heterocycles. The molecule has 0 saturated heterocycles. The highest BCUT2D eigenvalue weighted by molar-refractivity contribution is 5.78. The van der Waals surface area contributed by atoms with Gasteiger partial charge in [-0.1, -0.05) is 6.92 Å². The average molecular weight is 218 g/mol. The minimum atomic E-state index is -0.105. The van der Waals surface area contributed by atoms with Crippen LogP contribution in [0.2, 0.25) is 0 Å². The van der Waals surface area contributed by atoms with E-state index in [1.165, 1.54) is 0 Å². The van der Waals surface area contributed by atoms with Gasteiger partial charge in [-0.05, 0) is 13.5 Å². The average Bonchev–Trinajstić information content (AvgIpc) is 2.18. The predicted molar refractivity (Wildman–Crippen MR) is 58.6 cm³/mol. The Labute approximate surface area is 91.2 Å². The van der Waals surface area contributed by atoms with Gasteiger partial charge < -0.3 is 20.5 Å². The first-order chi connectivity index (χ1) is 7.15. The van der Waals surface area contributed by atoms with Crippen molar-refractivity contribution in [1.29, 1.82) is 0 Å². The number of amides is 1. The molecule has 2 unspecified atom stereocenters. The molecule has 0 radical (unpaired) electrons. The second-order valence-electron chi connectivity index (χ2n) is 3.63. The van der Waals surface area contributed by atoms with Crippen molar-refractivity contribution in [1.82, 2.24) is 10.6 Å². The van der Waals surface area contributed by atoms with E-state index in [-0.39, 0.29) is 24.5 Å². The van der Waals surface area contributed by atoms with Crippen molar-refractivity contribution in [2.24, 2.45) is 5.92 Å². The fourth-order valence-electron chi connectivity index (χ4n) is 1.30. The number of aliphatic hydroxyl groups is 1. The van der Waals surface area contributed by atoms with Gasteiger partial charge in [0.2, 0.25) is 5.91 Å². The maximum Gasteiger partial charge on any atom is 0.224 e. The van der Waals surface area contributed by atoms with Crippen LogP contribution in [0, 0.1) is 5.92 Å². The first-order valence-corrected chi connectivity index (χ1v) is 5.20. The Hall–Kier alpha value is -0.650. The van der Waals surface area contributed by atoms with Crippen LogP contribution >= 0.6 is 0 Å². The van der Waals surface area contributed by atoms with Crippen molar-refractivity contribution < 1.29 is 14.6 Å². The number of ether oxygens (including phenoxy) is 1. The molecule has 0 bridgehead atoms. The van der Waals surface area contributed by atoms with Gasteiger partial charge in [-0.25, -0.2) is 0 Å². The molecule has 0 aliphatic heterocycles. The van der Waals surface area contributed by atoms with Crippen molar-refractivity contribution in [2.75, 3.05) is 33.9 Å².